The van der Waals surface area contributed by atoms with Crippen LogP contribution in [0.15, 0.2) is 0 Å². The molecule has 0 heterocycles. The molecule has 0 atom stereocenters. The second kappa shape index (κ2) is 23.8. The molecule has 0 saturated carbocycles. The largest absolute Gasteiger partial charge is 3.00 e. The summed E-state index contributed by atoms with van der Waals surface area (Å²) >= 11 is 0. The first-order chi connectivity index (χ1) is 5.20. The van der Waals surface area contributed by atoms with Gasteiger partial charge in [-0.05, 0) is 0 Å². The van der Waals surface area contributed by atoms with Crippen molar-refractivity contribution >= 4 is 24.8 Å². The van der Waals surface area contributed by atoms with E-state index in [4.69, 9.17) is 43.1 Å². The van der Waals surface area contributed by atoms with Gasteiger partial charge in [-0.25, -0.2) is 0 Å². The molecular weight excluding hydrogens is 443 g/mol. The van der Waals surface area contributed by atoms with Crippen LogP contribution in [0.25, 0.3) is 0 Å². The summed E-state index contributed by atoms with van der Waals surface area (Å²) in [5, 5.41) is 0. The van der Waals surface area contributed by atoms with Crippen molar-refractivity contribution in [2.75, 3.05) is 0 Å². The van der Waals surface area contributed by atoms with Crippen LogP contribution in [0.4, 0.5) is 0 Å². The predicted octanol–water partition coefficient (Wildman–Crippen LogP) is -4.91. The first-order valence-electron chi connectivity index (χ1n) is 1.64. The topological polar surface area (TPSA) is 190 Å². The van der Waals surface area contributed by atoms with Crippen LogP contribution in [0.1, 0.15) is 0 Å². The maximum atomic E-state index is 8.48. The normalized spacial score (nSPS) is 5.57. The van der Waals surface area contributed by atoms with Crippen LogP contribution in [0.3, 0.4) is 0 Å². The zero-order valence-corrected chi connectivity index (χ0v) is 11.6. The first-order valence-corrected chi connectivity index (χ1v) is 4.93. The Balaban J connectivity index is -0.0000000270. The van der Waals surface area contributed by atoms with Crippen LogP contribution in [0.5, 0.6) is 0 Å². The first kappa shape index (κ1) is 29.5. The van der Waals surface area contributed by atoms with Crippen molar-refractivity contribution in [1.29, 1.82) is 0 Å². The predicted molar refractivity (Wildman–Crippen MR) is 22.8 cm³/mol. The maximum absolute atomic E-state index is 8.48. The van der Waals surface area contributed by atoms with Gasteiger partial charge in [-0.1, -0.05) is 13.7 Å². The summed E-state index contributed by atoms with van der Waals surface area (Å²) in [7, 11) is -10.1. The van der Waals surface area contributed by atoms with Crippen LogP contribution >= 0.6 is 24.8 Å². The molecule has 84 valence electrons. The van der Waals surface area contributed by atoms with Crippen molar-refractivity contribution in [3.8, 4) is 0 Å². The Hall–Kier alpha value is 1.31. The van der Waals surface area contributed by atoms with Gasteiger partial charge in [0.15, 0.2) is 0 Å². The summed E-state index contributed by atoms with van der Waals surface area (Å²) < 4.78 is 25.4. The number of hydrogen-bond acceptors (Lipinski definition) is 9. The van der Waals surface area contributed by atoms with Gasteiger partial charge in [0.1, 0.15) is 0 Å². The van der Waals surface area contributed by atoms with Crippen LogP contribution in [0, 0.1) is 0 Å². The van der Waals surface area contributed by atoms with Crippen molar-refractivity contribution < 1.29 is 82.0 Å². The van der Waals surface area contributed by atoms with E-state index < -0.39 is 24.8 Å². The van der Waals surface area contributed by atoms with E-state index in [0.717, 1.165) is 0 Å². The van der Waals surface area contributed by atoms with Gasteiger partial charge < -0.3 is 29.4 Å². The fourth-order valence-corrected chi connectivity index (χ4v) is 0. The second-order valence-electron chi connectivity index (χ2n) is 0.671. The van der Waals surface area contributed by atoms with Gasteiger partial charge in [0, 0.05) is 0 Å². The van der Waals surface area contributed by atoms with E-state index in [1.54, 1.807) is 0 Å². The summed E-state index contributed by atoms with van der Waals surface area (Å²) in [4.78, 5) is 50.9. The molecule has 0 unspecified atom stereocenters. The average Bonchev–Trinajstić information content (AvgIpc) is 1.54. The maximum Gasteiger partial charge on any atom is 3.00 e. The number of hydrogen-bond donors (Lipinski definition) is 0. The van der Waals surface area contributed by atoms with Gasteiger partial charge in [-0.2, -0.15) is 0 Å². The van der Waals surface area contributed by atoms with Crippen LogP contribution in [-0.2, 0) is 52.7 Å². The van der Waals surface area contributed by atoms with Gasteiger partial charge in [0.05, 0.1) is 0 Å². The molecule has 14 heavy (non-hydrogen) atoms. The van der Waals surface area contributed by atoms with E-state index in [-0.39, 0.29) is 39.0 Å². The van der Waals surface area contributed by atoms with Crippen molar-refractivity contribution in [2.24, 2.45) is 0 Å². The smallest absolute Gasteiger partial charge is 0.598 e. The third-order valence-corrected chi connectivity index (χ3v) is 0. The summed E-state index contributed by atoms with van der Waals surface area (Å²) in [6.07, 6.45) is 0. The molecule has 0 aliphatic heterocycles. The van der Waals surface area contributed by atoms with Crippen molar-refractivity contribution in [3.63, 3.8) is 0 Å². The minimum atomic E-state index is -3.37. The Labute approximate surface area is 107 Å². The summed E-state index contributed by atoms with van der Waals surface area (Å²) in [5.74, 6) is 0. The minimum absolute atomic E-state index is 0. The monoisotopic (exact) mass is 443 g/mol. The molecule has 0 spiro atoms. The summed E-state index contributed by atoms with van der Waals surface area (Å²) in [6, 6.07) is 0. The van der Waals surface area contributed by atoms with E-state index >= 15 is 0 Å². The van der Waals surface area contributed by atoms with Crippen LogP contribution in [0.2, 0.25) is 0 Å². The molecule has 0 amide bonds. The van der Waals surface area contributed by atoms with Crippen molar-refractivity contribution in [2.45, 2.75) is 0 Å². The number of rotatable bonds is 0. The van der Waals surface area contributed by atoms with Gasteiger partial charge in [0.2, 0.25) is 0 Å². The minimum Gasteiger partial charge on any atom is -0.598 e. The van der Waals surface area contributed by atoms with E-state index in [1.807, 2.05) is 0 Å². The molecule has 0 radical (unpaired) electrons. The molecule has 0 saturated heterocycles. The summed E-state index contributed by atoms with van der Waals surface area (Å²) in [6.45, 7) is 0. The van der Waals surface area contributed by atoms with Gasteiger partial charge in [-0.15, -0.1) is 0 Å². The Morgan fingerprint density at radius 2 is 0.500 bits per heavy atom. The Morgan fingerprint density at radius 1 is 0.500 bits per heavy atom. The third kappa shape index (κ3) is 1180. The SMILES string of the molecule is O=[P+]([O-])[O-].O=[P+]([O-])[O-].O=[P+]([O-])[O-].[Rh+3].[Rh+3]. The van der Waals surface area contributed by atoms with Crippen LogP contribution in [-0.4, -0.2) is 0 Å². The van der Waals surface area contributed by atoms with E-state index in [0.29, 0.717) is 0 Å². The Kier molecular flexibility index (Phi) is 50.2. The van der Waals surface area contributed by atoms with E-state index in [1.165, 1.54) is 0 Å². The molecule has 0 bridgehead atoms. The molecule has 0 aliphatic rings. The fourth-order valence-electron chi connectivity index (χ4n) is 0. The van der Waals surface area contributed by atoms with E-state index in [9.17, 15) is 0 Å². The van der Waals surface area contributed by atoms with Crippen molar-refractivity contribution in [3.05, 3.63) is 0 Å². The second-order valence-corrected chi connectivity index (χ2v) is 2.01. The van der Waals surface area contributed by atoms with Gasteiger partial charge in [-0.3, -0.25) is 0 Å². The Morgan fingerprint density at radius 3 is 0.500 bits per heavy atom. The molecule has 9 nitrogen and oxygen atoms in total. The Bertz CT molecular complexity index is 116. The zero-order valence-electron chi connectivity index (χ0n) is 5.68. The fraction of sp³-hybridized carbons (Fsp3) is 0. The molecule has 0 aliphatic carbocycles. The molecule has 0 aromatic carbocycles. The molecule has 0 aromatic rings. The molecule has 14 heteroatoms. The average molecular weight is 443 g/mol. The summed E-state index contributed by atoms with van der Waals surface area (Å²) in [5.41, 5.74) is 0. The third-order valence-electron chi connectivity index (χ3n) is 0. The van der Waals surface area contributed by atoms with E-state index in [2.05, 4.69) is 0 Å². The molecule has 0 aromatic heterocycles. The van der Waals surface area contributed by atoms with Gasteiger partial charge >= 0.3 is 39.0 Å². The zero-order chi connectivity index (χ0) is 10.7. The molecule has 0 fully saturated rings. The van der Waals surface area contributed by atoms with Crippen LogP contribution < -0.4 is 29.4 Å². The van der Waals surface area contributed by atoms with Gasteiger partial charge in [0.25, 0.3) is 24.8 Å². The standard InChI is InChI=1S/3HO3P.2Rh/c3*1-4(2)3;;/h3*(H,1,2,3);;/q;;;2*+3/p-3. The quantitative estimate of drug-likeness (QED) is 0.261. The molecular formula is O9P3Rh2+3. The molecule has 0 N–H and O–H groups in total. The molecule has 0 rings (SSSR count). The van der Waals surface area contributed by atoms with Crippen molar-refractivity contribution in [1.82, 2.24) is 0 Å².